The summed E-state index contributed by atoms with van der Waals surface area (Å²) in [6.07, 6.45) is 5.57. The monoisotopic (exact) mass is 245 g/mol. The number of carbonyl (C=O) groups excluding carboxylic acids is 1. The maximum atomic E-state index is 12.2. The van der Waals surface area contributed by atoms with Crippen molar-refractivity contribution in [2.24, 2.45) is 0 Å². The fraction of sp³-hybridized carbons (Fsp3) is 0.533. The molecule has 0 radical (unpaired) electrons. The van der Waals surface area contributed by atoms with Gasteiger partial charge in [-0.1, -0.05) is 24.3 Å². The van der Waals surface area contributed by atoms with Crippen LogP contribution >= 0.6 is 0 Å². The largest absolute Gasteiger partial charge is 0.461 e. The number of carbonyl (C=O) groups is 1. The van der Waals surface area contributed by atoms with Crippen LogP contribution in [0.4, 0.5) is 0 Å². The van der Waals surface area contributed by atoms with Gasteiger partial charge in [-0.25, -0.2) is 4.79 Å². The first kappa shape index (κ1) is 11.7. The van der Waals surface area contributed by atoms with E-state index >= 15 is 0 Å². The maximum Gasteiger partial charge on any atom is 0.328 e. The topological polar surface area (TPSA) is 38.3 Å². The van der Waals surface area contributed by atoms with Crippen molar-refractivity contribution in [1.82, 2.24) is 5.32 Å². The van der Waals surface area contributed by atoms with Gasteiger partial charge in [0.05, 0.1) is 0 Å². The Bertz CT molecular complexity index is 438. The van der Waals surface area contributed by atoms with Crippen molar-refractivity contribution in [2.45, 2.75) is 44.2 Å². The third-order valence-electron chi connectivity index (χ3n) is 3.93. The first-order chi connectivity index (χ1) is 8.84. The van der Waals surface area contributed by atoms with Gasteiger partial charge < -0.3 is 10.1 Å². The lowest BCUT2D eigenvalue weighted by atomic mass is 9.94. The number of nitrogens with one attached hydrogen (secondary N) is 1. The Hall–Kier alpha value is -1.35. The SMILES string of the molecule is O=C(OC1CCCC1)C1NCCc2ccccc21. The van der Waals surface area contributed by atoms with Gasteiger partial charge in [-0.05, 0) is 43.2 Å². The van der Waals surface area contributed by atoms with Gasteiger partial charge in [0.15, 0.2) is 0 Å². The van der Waals surface area contributed by atoms with Crippen molar-refractivity contribution in [2.75, 3.05) is 6.54 Å². The van der Waals surface area contributed by atoms with Crippen molar-refractivity contribution >= 4 is 5.97 Å². The molecule has 1 N–H and O–H groups in total. The minimum atomic E-state index is -0.268. The second-order valence-corrected chi connectivity index (χ2v) is 5.18. The normalized spacial score (nSPS) is 23.7. The Balaban J connectivity index is 1.74. The first-order valence-corrected chi connectivity index (χ1v) is 6.86. The van der Waals surface area contributed by atoms with Crippen molar-refractivity contribution in [3.8, 4) is 0 Å². The quantitative estimate of drug-likeness (QED) is 0.813. The molecule has 1 saturated carbocycles. The Kier molecular flexibility index (Phi) is 3.33. The lowest BCUT2D eigenvalue weighted by Gasteiger charge is -2.26. The molecule has 96 valence electrons. The summed E-state index contributed by atoms with van der Waals surface area (Å²) >= 11 is 0. The Morgan fingerprint density at radius 3 is 2.83 bits per heavy atom. The van der Waals surface area contributed by atoms with Gasteiger partial charge in [-0.2, -0.15) is 0 Å². The van der Waals surface area contributed by atoms with Crippen LogP contribution in [-0.2, 0) is 16.0 Å². The van der Waals surface area contributed by atoms with E-state index in [1.807, 2.05) is 18.2 Å². The minimum Gasteiger partial charge on any atom is -0.461 e. The molecule has 1 aromatic carbocycles. The van der Waals surface area contributed by atoms with Gasteiger partial charge in [-0.15, -0.1) is 0 Å². The zero-order chi connectivity index (χ0) is 12.4. The molecule has 1 fully saturated rings. The van der Waals surface area contributed by atoms with Crippen LogP contribution < -0.4 is 5.32 Å². The molecule has 0 spiro atoms. The lowest BCUT2D eigenvalue weighted by molar-refractivity contribution is -0.151. The molecule has 2 aliphatic rings. The molecule has 0 bridgehead atoms. The predicted octanol–water partition coefficient (Wildman–Crippen LogP) is 2.36. The molecular weight excluding hydrogens is 226 g/mol. The van der Waals surface area contributed by atoms with Crippen molar-refractivity contribution in [3.63, 3.8) is 0 Å². The Morgan fingerprint density at radius 1 is 1.22 bits per heavy atom. The second kappa shape index (κ2) is 5.11. The molecule has 1 heterocycles. The molecule has 1 unspecified atom stereocenters. The van der Waals surface area contributed by atoms with Crippen LogP contribution in [0.25, 0.3) is 0 Å². The smallest absolute Gasteiger partial charge is 0.328 e. The molecule has 3 heteroatoms. The molecule has 18 heavy (non-hydrogen) atoms. The van der Waals surface area contributed by atoms with Crippen LogP contribution in [0.2, 0.25) is 0 Å². The van der Waals surface area contributed by atoms with E-state index in [2.05, 4.69) is 11.4 Å². The highest BCUT2D eigenvalue weighted by molar-refractivity contribution is 5.78. The zero-order valence-electron chi connectivity index (χ0n) is 10.5. The summed E-state index contributed by atoms with van der Waals surface area (Å²) in [6.45, 7) is 0.849. The summed E-state index contributed by atoms with van der Waals surface area (Å²) in [5.74, 6) is -0.103. The van der Waals surface area contributed by atoms with Crippen LogP contribution in [0.3, 0.4) is 0 Å². The summed E-state index contributed by atoms with van der Waals surface area (Å²) < 4.78 is 5.61. The number of rotatable bonds is 2. The highest BCUT2D eigenvalue weighted by Crippen LogP contribution is 2.27. The van der Waals surface area contributed by atoms with Crippen LogP contribution in [0.15, 0.2) is 24.3 Å². The van der Waals surface area contributed by atoms with Gasteiger partial charge >= 0.3 is 5.97 Å². The van der Waals surface area contributed by atoms with E-state index in [1.54, 1.807) is 0 Å². The average molecular weight is 245 g/mol. The van der Waals surface area contributed by atoms with Gasteiger partial charge in [0.2, 0.25) is 0 Å². The maximum absolute atomic E-state index is 12.2. The van der Waals surface area contributed by atoms with Crippen LogP contribution in [0, 0.1) is 0 Å². The van der Waals surface area contributed by atoms with Gasteiger partial charge in [0.1, 0.15) is 12.1 Å². The molecule has 0 saturated heterocycles. The standard InChI is InChI=1S/C15H19NO2/c17-15(18-12-6-2-3-7-12)14-13-8-4-1-5-11(13)9-10-16-14/h1,4-5,8,12,14,16H,2-3,6-7,9-10H2. The van der Waals surface area contributed by atoms with E-state index in [1.165, 1.54) is 18.4 Å². The molecule has 0 amide bonds. The van der Waals surface area contributed by atoms with Gasteiger partial charge in [0.25, 0.3) is 0 Å². The second-order valence-electron chi connectivity index (χ2n) is 5.18. The fourth-order valence-corrected chi connectivity index (χ4v) is 2.95. The summed E-state index contributed by atoms with van der Waals surface area (Å²) in [4.78, 5) is 12.2. The number of hydrogen-bond acceptors (Lipinski definition) is 3. The summed E-state index contributed by atoms with van der Waals surface area (Å²) in [7, 11) is 0. The number of benzene rings is 1. The molecule has 3 rings (SSSR count). The molecule has 3 nitrogen and oxygen atoms in total. The molecular formula is C15H19NO2. The van der Waals surface area contributed by atoms with E-state index < -0.39 is 0 Å². The number of esters is 1. The van der Waals surface area contributed by atoms with Crippen LogP contribution in [0.1, 0.15) is 42.9 Å². The van der Waals surface area contributed by atoms with Crippen LogP contribution in [-0.4, -0.2) is 18.6 Å². The highest BCUT2D eigenvalue weighted by Gasteiger charge is 2.29. The van der Waals surface area contributed by atoms with Gasteiger partial charge in [0, 0.05) is 6.54 Å². The third kappa shape index (κ3) is 2.27. The summed E-state index contributed by atoms with van der Waals surface area (Å²) in [5, 5.41) is 3.27. The van der Waals surface area contributed by atoms with E-state index in [0.29, 0.717) is 0 Å². The van der Waals surface area contributed by atoms with Crippen molar-refractivity contribution < 1.29 is 9.53 Å². The fourth-order valence-electron chi connectivity index (χ4n) is 2.95. The van der Waals surface area contributed by atoms with Crippen LogP contribution in [0.5, 0.6) is 0 Å². The minimum absolute atomic E-state index is 0.103. The zero-order valence-corrected chi connectivity index (χ0v) is 10.5. The molecule has 1 atom stereocenters. The lowest BCUT2D eigenvalue weighted by Crippen LogP contribution is -2.37. The van der Waals surface area contributed by atoms with Crippen molar-refractivity contribution in [1.29, 1.82) is 0 Å². The third-order valence-corrected chi connectivity index (χ3v) is 3.93. The highest BCUT2D eigenvalue weighted by atomic mass is 16.5. The molecule has 0 aromatic heterocycles. The first-order valence-electron chi connectivity index (χ1n) is 6.86. The predicted molar refractivity (Wildman–Crippen MR) is 69.2 cm³/mol. The Labute approximate surface area is 108 Å². The van der Waals surface area contributed by atoms with E-state index in [0.717, 1.165) is 31.4 Å². The van der Waals surface area contributed by atoms with E-state index in [-0.39, 0.29) is 18.1 Å². The van der Waals surface area contributed by atoms with E-state index in [4.69, 9.17) is 4.74 Å². The number of fused-ring (bicyclic) bond motifs is 1. The van der Waals surface area contributed by atoms with E-state index in [9.17, 15) is 4.79 Å². The molecule has 1 aromatic rings. The Morgan fingerprint density at radius 2 is 2.00 bits per heavy atom. The molecule has 1 aliphatic heterocycles. The number of ether oxygens (including phenoxy) is 1. The van der Waals surface area contributed by atoms with Gasteiger partial charge in [-0.3, -0.25) is 0 Å². The average Bonchev–Trinajstić information content (AvgIpc) is 2.91. The number of hydrogen-bond donors (Lipinski definition) is 1. The summed E-state index contributed by atoms with van der Waals surface area (Å²) in [5.41, 5.74) is 2.36. The van der Waals surface area contributed by atoms with Crippen molar-refractivity contribution in [3.05, 3.63) is 35.4 Å². The summed E-state index contributed by atoms with van der Waals surface area (Å²) in [6, 6.07) is 7.88. The molecule has 1 aliphatic carbocycles.